The van der Waals surface area contributed by atoms with Gasteiger partial charge in [0.05, 0.1) is 17.1 Å². The van der Waals surface area contributed by atoms with E-state index in [0.29, 0.717) is 10.8 Å². The van der Waals surface area contributed by atoms with E-state index in [4.69, 9.17) is 16.3 Å². The molecule has 0 bridgehead atoms. The van der Waals surface area contributed by atoms with E-state index < -0.39 is 15.8 Å². The maximum absolute atomic E-state index is 13.4. The predicted molar refractivity (Wildman–Crippen MR) is 77.9 cm³/mol. The molecule has 0 amide bonds. The molecule has 3 rings (SSSR count). The van der Waals surface area contributed by atoms with E-state index in [1.807, 2.05) is 0 Å². The van der Waals surface area contributed by atoms with E-state index in [-0.39, 0.29) is 23.7 Å². The minimum Gasteiger partial charge on any atom is -0.489 e. The molecule has 0 saturated heterocycles. The summed E-state index contributed by atoms with van der Waals surface area (Å²) >= 11 is 5.85. The van der Waals surface area contributed by atoms with Gasteiger partial charge in [-0.25, -0.2) is 12.8 Å². The Balaban J connectivity index is 2.11. The van der Waals surface area contributed by atoms with Crippen molar-refractivity contribution in [3.63, 3.8) is 0 Å². The fraction of sp³-hybridized carbons (Fsp3) is 0.143. The second kappa shape index (κ2) is 5.20. The van der Waals surface area contributed by atoms with Crippen LogP contribution in [-0.4, -0.2) is 21.6 Å². The van der Waals surface area contributed by atoms with Gasteiger partial charge in [-0.05, 0) is 30.3 Å². The quantitative estimate of drug-likeness (QED) is 0.851. The van der Waals surface area contributed by atoms with Gasteiger partial charge in [0.25, 0.3) is 10.0 Å². The maximum Gasteiger partial charge on any atom is 0.264 e. The molecule has 0 unspecified atom stereocenters. The lowest BCUT2D eigenvalue weighted by atomic mass is 10.2. The van der Waals surface area contributed by atoms with Crippen LogP contribution < -0.4 is 9.04 Å². The Kier molecular flexibility index (Phi) is 3.51. The van der Waals surface area contributed by atoms with Crippen molar-refractivity contribution in [1.82, 2.24) is 0 Å². The first-order chi connectivity index (χ1) is 9.98. The van der Waals surface area contributed by atoms with Crippen molar-refractivity contribution in [3.05, 3.63) is 53.3 Å². The second-order valence-corrected chi connectivity index (χ2v) is 6.79. The fourth-order valence-corrected chi connectivity index (χ4v) is 3.92. The largest absolute Gasteiger partial charge is 0.489 e. The van der Waals surface area contributed by atoms with Crippen LogP contribution in [0.3, 0.4) is 0 Å². The molecule has 0 atom stereocenters. The van der Waals surface area contributed by atoms with Gasteiger partial charge < -0.3 is 4.74 Å². The zero-order valence-corrected chi connectivity index (χ0v) is 12.4. The van der Waals surface area contributed by atoms with Crippen LogP contribution >= 0.6 is 11.6 Å². The number of fused-ring (bicyclic) bond motifs is 1. The van der Waals surface area contributed by atoms with Crippen molar-refractivity contribution in [2.45, 2.75) is 4.90 Å². The first-order valence-corrected chi connectivity index (χ1v) is 8.01. The molecule has 2 aromatic carbocycles. The van der Waals surface area contributed by atoms with Crippen LogP contribution in [0.1, 0.15) is 0 Å². The number of nitrogens with zero attached hydrogens (tertiary/aromatic N) is 1. The van der Waals surface area contributed by atoms with Gasteiger partial charge in [-0.3, -0.25) is 4.31 Å². The molecule has 7 heteroatoms. The van der Waals surface area contributed by atoms with Gasteiger partial charge in [-0.15, -0.1) is 0 Å². The summed E-state index contributed by atoms with van der Waals surface area (Å²) in [4.78, 5) is 0.0621. The Morgan fingerprint density at radius 2 is 2.00 bits per heavy atom. The van der Waals surface area contributed by atoms with E-state index >= 15 is 0 Å². The lowest BCUT2D eigenvalue weighted by Gasteiger charge is -2.30. The van der Waals surface area contributed by atoms with Crippen molar-refractivity contribution in [1.29, 1.82) is 0 Å². The topological polar surface area (TPSA) is 46.6 Å². The summed E-state index contributed by atoms with van der Waals surface area (Å²) < 4.78 is 45.3. The van der Waals surface area contributed by atoms with Crippen molar-refractivity contribution in [2.75, 3.05) is 17.5 Å². The van der Waals surface area contributed by atoms with Gasteiger partial charge in [0.2, 0.25) is 0 Å². The molecule has 1 aliphatic rings. The lowest BCUT2D eigenvalue weighted by Crippen LogP contribution is -2.38. The van der Waals surface area contributed by atoms with Gasteiger partial charge in [-0.1, -0.05) is 17.7 Å². The summed E-state index contributed by atoms with van der Waals surface area (Å²) in [6.07, 6.45) is 0. The molecule has 1 aliphatic heterocycles. The first-order valence-electron chi connectivity index (χ1n) is 6.19. The highest BCUT2D eigenvalue weighted by Gasteiger charge is 2.30. The average molecular weight is 328 g/mol. The molecule has 0 spiro atoms. The van der Waals surface area contributed by atoms with Crippen LogP contribution in [0.5, 0.6) is 5.75 Å². The highest BCUT2D eigenvalue weighted by atomic mass is 35.5. The normalized spacial score (nSPS) is 14.5. The van der Waals surface area contributed by atoms with Crippen LogP contribution in [-0.2, 0) is 10.0 Å². The third-order valence-electron chi connectivity index (χ3n) is 3.13. The monoisotopic (exact) mass is 327 g/mol. The Labute approximate surface area is 126 Å². The molecule has 0 saturated carbocycles. The Bertz CT molecular complexity index is 795. The van der Waals surface area contributed by atoms with Crippen LogP contribution in [0.15, 0.2) is 47.4 Å². The van der Waals surface area contributed by atoms with Crippen molar-refractivity contribution >= 4 is 27.3 Å². The van der Waals surface area contributed by atoms with Crippen LogP contribution in [0.4, 0.5) is 10.1 Å². The Morgan fingerprint density at radius 3 is 2.76 bits per heavy atom. The van der Waals surface area contributed by atoms with E-state index in [1.165, 1.54) is 24.3 Å². The maximum atomic E-state index is 13.4. The molecule has 21 heavy (non-hydrogen) atoms. The summed E-state index contributed by atoms with van der Waals surface area (Å²) in [5, 5.41) is 0.323. The summed E-state index contributed by atoms with van der Waals surface area (Å²) in [7, 11) is -3.81. The van der Waals surface area contributed by atoms with Crippen molar-refractivity contribution in [2.24, 2.45) is 0 Å². The lowest BCUT2D eigenvalue weighted by molar-refractivity contribution is 0.315. The smallest absolute Gasteiger partial charge is 0.264 e. The average Bonchev–Trinajstić information content (AvgIpc) is 2.46. The van der Waals surface area contributed by atoms with Crippen LogP contribution in [0, 0.1) is 5.82 Å². The standard InChI is InChI=1S/C14H11ClFNO3S/c15-10-2-1-3-12(8-10)21(18,19)17-6-7-20-14-5-4-11(16)9-13(14)17/h1-5,8-9H,6-7H2. The third kappa shape index (κ3) is 2.56. The predicted octanol–water partition coefficient (Wildman–Crippen LogP) is 3.07. The van der Waals surface area contributed by atoms with E-state index in [9.17, 15) is 12.8 Å². The van der Waals surface area contributed by atoms with E-state index in [1.54, 1.807) is 12.1 Å². The second-order valence-electron chi connectivity index (χ2n) is 4.50. The molecule has 4 nitrogen and oxygen atoms in total. The third-order valence-corrected chi connectivity index (χ3v) is 5.17. The van der Waals surface area contributed by atoms with Gasteiger partial charge >= 0.3 is 0 Å². The minimum absolute atomic E-state index is 0.0621. The molecule has 1 heterocycles. The summed E-state index contributed by atoms with van der Waals surface area (Å²) in [6.45, 7) is 0.323. The fourth-order valence-electron chi connectivity index (χ4n) is 2.17. The van der Waals surface area contributed by atoms with Gasteiger partial charge in [0.15, 0.2) is 0 Å². The van der Waals surface area contributed by atoms with Gasteiger partial charge in [-0.2, -0.15) is 0 Å². The van der Waals surface area contributed by atoms with Crippen LogP contribution in [0.25, 0.3) is 0 Å². The first kappa shape index (κ1) is 14.2. The zero-order chi connectivity index (χ0) is 15.0. The van der Waals surface area contributed by atoms with Crippen molar-refractivity contribution < 1.29 is 17.5 Å². The van der Waals surface area contributed by atoms with Gasteiger partial charge in [0.1, 0.15) is 18.2 Å². The number of halogens is 2. The number of sulfonamides is 1. The van der Waals surface area contributed by atoms with Crippen molar-refractivity contribution in [3.8, 4) is 5.75 Å². The number of rotatable bonds is 2. The summed E-state index contributed by atoms with van der Waals surface area (Å²) in [5.74, 6) is -0.182. The summed E-state index contributed by atoms with van der Waals surface area (Å²) in [6, 6.07) is 9.77. The highest BCUT2D eigenvalue weighted by Crippen LogP contribution is 2.36. The Morgan fingerprint density at radius 1 is 1.19 bits per heavy atom. The number of benzene rings is 2. The molecular formula is C14H11ClFNO3S. The van der Waals surface area contributed by atoms with Gasteiger partial charge in [0, 0.05) is 11.1 Å². The Hall–Kier alpha value is -1.79. The van der Waals surface area contributed by atoms with E-state index in [0.717, 1.165) is 10.4 Å². The number of hydrogen-bond acceptors (Lipinski definition) is 3. The van der Waals surface area contributed by atoms with Crippen LogP contribution in [0.2, 0.25) is 5.02 Å². The summed E-state index contributed by atoms with van der Waals surface area (Å²) in [5.41, 5.74) is 0.196. The zero-order valence-electron chi connectivity index (χ0n) is 10.8. The molecule has 0 aromatic heterocycles. The highest BCUT2D eigenvalue weighted by molar-refractivity contribution is 7.92. The molecule has 110 valence electrons. The minimum atomic E-state index is -3.81. The molecule has 0 aliphatic carbocycles. The molecular weight excluding hydrogens is 317 g/mol. The molecule has 0 N–H and O–H groups in total. The number of anilines is 1. The molecule has 2 aromatic rings. The van der Waals surface area contributed by atoms with E-state index in [2.05, 4.69) is 0 Å². The number of ether oxygens (including phenoxy) is 1. The number of hydrogen-bond donors (Lipinski definition) is 0. The SMILES string of the molecule is O=S(=O)(c1cccc(Cl)c1)N1CCOc2ccc(F)cc21. The molecule has 0 fully saturated rings. The molecule has 0 radical (unpaired) electrons.